The van der Waals surface area contributed by atoms with Crippen molar-refractivity contribution in [3.63, 3.8) is 0 Å². The maximum absolute atomic E-state index is 12.4. The summed E-state index contributed by atoms with van der Waals surface area (Å²) in [6, 6.07) is 17.8. The molecule has 126 valence electrons. The molecule has 0 aliphatic carbocycles. The fourth-order valence-electron chi connectivity index (χ4n) is 2.57. The molecule has 2 aromatic rings. The predicted octanol–water partition coefficient (Wildman–Crippen LogP) is 3.72. The highest BCUT2D eigenvalue weighted by Gasteiger charge is 2.32. The van der Waals surface area contributed by atoms with E-state index in [1.807, 2.05) is 60.7 Å². The molecule has 0 bridgehead atoms. The van der Waals surface area contributed by atoms with E-state index in [2.05, 4.69) is 0 Å². The van der Waals surface area contributed by atoms with E-state index in [1.165, 1.54) is 4.90 Å². The van der Waals surface area contributed by atoms with Crippen molar-refractivity contribution < 1.29 is 19.4 Å². The van der Waals surface area contributed by atoms with Crippen molar-refractivity contribution in [1.82, 2.24) is 4.90 Å². The lowest BCUT2D eigenvalue weighted by Gasteiger charge is -2.30. The van der Waals surface area contributed by atoms with Crippen molar-refractivity contribution in [3.8, 4) is 0 Å². The number of carbonyl (C=O) groups excluding carboxylic acids is 1. The second-order valence-electron chi connectivity index (χ2n) is 5.63. The molecule has 1 N–H and O–H groups in total. The van der Waals surface area contributed by atoms with E-state index >= 15 is 0 Å². The van der Waals surface area contributed by atoms with Crippen LogP contribution in [0.15, 0.2) is 60.7 Å². The second kappa shape index (κ2) is 8.15. The molecule has 0 saturated heterocycles. The first kappa shape index (κ1) is 17.5. The van der Waals surface area contributed by atoms with Crippen LogP contribution < -0.4 is 0 Å². The van der Waals surface area contributed by atoms with Crippen molar-refractivity contribution >= 4 is 12.1 Å². The lowest BCUT2D eigenvalue weighted by Crippen LogP contribution is -2.37. The van der Waals surface area contributed by atoms with E-state index in [-0.39, 0.29) is 6.61 Å². The molecule has 0 aliphatic heterocycles. The van der Waals surface area contributed by atoms with Crippen LogP contribution in [0.3, 0.4) is 0 Å². The van der Waals surface area contributed by atoms with Gasteiger partial charge in [-0.25, -0.2) is 4.79 Å². The molecule has 5 heteroatoms. The summed E-state index contributed by atoms with van der Waals surface area (Å²) < 4.78 is 5.32. The van der Waals surface area contributed by atoms with E-state index in [0.29, 0.717) is 0 Å². The Morgan fingerprint density at radius 3 is 2.12 bits per heavy atom. The highest BCUT2D eigenvalue weighted by atomic mass is 16.6. The maximum atomic E-state index is 12.4. The minimum Gasteiger partial charge on any atom is -0.481 e. The predicted molar refractivity (Wildman–Crippen MR) is 90.4 cm³/mol. The fourth-order valence-corrected chi connectivity index (χ4v) is 2.57. The van der Waals surface area contributed by atoms with Crippen LogP contribution in [0.4, 0.5) is 4.79 Å². The monoisotopic (exact) mass is 327 g/mol. The third kappa shape index (κ3) is 4.35. The molecule has 0 saturated carbocycles. The van der Waals surface area contributed by atoms with Crippen molar-refractivity contribution in [2.24, 2.45) is 5.92 Å². The normalized spacial score (nSPS) is 12.9. The number of rotatable bonds is 6. The van der Waals surface area contributed by atoms with Crippen LogP contribution in [0.25, 0.3) is 0 Å². The van der Waals surface area contributed by atoms with Crippen molar-refractivity contribution in [2.75, 3.05) is 7.05 Å². The summed E-state index contributed by atoms with van der Waals surface area (Å²) in [5.74, 6) is -1.73. The first-order valence-electron chi connectivity index (χ1n) is 7.72. The van der Waals surface area contributed by atoms with Gasteiger partial charge in [0.2, 0.25) is 0 Å². The SMILES string of the molecule is C[C@H](C(=O)O)[C@H](c1ccccc1)N(C)C(=O)OCc1ccccc1. The molecule has 2 rings (SSSR count). The summed E-state index contributed by atoms with van der Waals surface area (Å²) in [4.78, 5) is 25.2. The molecule has 2 aromatic carbocycles. The van der Waals surface area contributed by atoms with Crippen molar-refractivity contribution in [3.05, 3.63) is 71.8 Å². The lowest BCUT2D eigenvalue weighted by atomic mass is 9.93. The van der Waals surface area contributed by atoms with E-state index in [1.54, 1.807) is 14.0 Å². The van der Waals surface area contributed by atoms with Gasteiger partial charge in [-0.3, -0.25) is 4.79 Å². The van der Waals surface area contributed by atoms with E-state index in [0.717, 1.165) is 11.1 Å². The molecule has 5 nitrogen and oxygen atoms in total. The standard InChI is InChI=1S/C19H21NO4/c1-14(18(21)22)17(16-11-7-4-8-12-16)20(2)19(23)24-13-15-9-5-3-6-10-15/h3-12,14,17H,13H2,1-2H3,(H,21,22)/t14-,17+/m0/s1. The molecular weight excluding hydrogens is 306 g/mol. The number of carbonyl (C=O) groups is 2. The Morgan fingerprint density at radius 1 is 1.04 bits per heavy atom. The number of amides is 1. The molecule has 24 heavy (non-hydrogen) atoms. The molecule has 0 aliphatic rings. The zero-order valence-electron chi connectivity index (χ0n) is 13.8. The van der Waals surface area contributed by atoms with Crippen molar-refractivity contribution in [1.29, 1.82) is 0 Å². The summed E-state index contributed by atoms with van der Waals surface area (Å²) in [5, 5.41) is 9.37. The number of carboxylic acid groups (broad SMARTS) is 1. The van der Waals surface area contributed by atoms with Gasteiger partial charge >= 0.3 is 12.1 Å². The summed E-state index contributed by atoms with van der Waals surface area (Å²) in [7, 11) is 1.56. The van der Waals surface area contributed by atoms with Crippen LogP contribution in [-0.2, 0) is 16.1 Å². The van der Waals surface area contributed by atoms with Gasteiger partial charge in [-0.1, -0.05) is 60.7 Å². The number of carboxylic acids is 1. The quantitative estimate of drug-likeness (QED) is 0.878. The van der Waals surface area contributed by atoms with Crippen LogP contribution >= 0.6 is 0 Å². The molecule has 0 radical (unpaired) electrons. The third-order valence-electron chi connectivity index (χ3n) is 3.91. The number of aliphatic carboxylic acids is 1. The van der Waals surface area contributed by atoms with Crippen LogP contribution in [-0.4, -0.2) is 29.1 Å². The van der Waals surface area contributed by atoms with Crippen LogP contribution in [0.1, 0.15) is 24.1 Å². The summed E-state index contributed by atoms with van der Waals surface area (Å²) >= 11 is 0. The fraction of sp³-hybridized carbons (Fsp3) is 0.263. The highest BCUT2D eigenvalue weighted by Crippen LogP contribution is 2.28. The second-order valence-corrected chi connectivity index (χ2v) is 5.63. The molecule has 0 heterocycles. The smallest absolute Gasteiger partial charge is 0.410 e. The van der Waals surface area contributed by atoms with E-state index < -0.39 is 24.0 Å². The number of ether oxygens (including phenoxy) is 1. The van der Waals surface area contributed by atoms with Gasteiger partial charge in [0, 0.05) is 7.05 Å². The first-order chi connectivity index (χ1) is 11.5. The average Bonchev–Trinajstić information content (AvgIpc) is 2.61. The van der Waals surface area contributed by atoms with E-state index in [4.69, 9.17) is 4.74 Å². The third-order valence-corrected chi connectivity index (χ3v) is 3.91. The zero-order valence-corrected chi connectivity index (χ0v) is 13.8. The Kier molecular flexibility index (Phi) is 5.95. The Balaban J connectivity index is 2.13. The lowest BCUT2D eigenvalue weighted by molar-refractivity contribution is -0.143. The average molecular weight is 327 g/mol. The topological polar surface area (TPSA) is 66.8 Å². The number of hydrogen-bond acceptors (Lipinski definition) is 3. The van der Waals surface area contributed by atoms with Gasteiger partial charge in [0.05, 0.1) is 12.0 Å². The molecule has 2 atom stereocenters. The summed E-state index contributed by atoms with van der Waals surface area (Å²) in [6.45, 7) is 1.73. The molecule has 0 fully saturated rings. The van der Waals surface area contributed by atoms with Gasteiger partial charge < -0.3 is 14.7 Å². The number of nitrogens with zero attached hydrogens (tertiary/aromatic N) is 1. The first-order valence-corrected chi connectivity index (χ1v) is 7.72. The number of hydrogen-bond donors (Lipinski definition) is 1. The minimum absolute atomic E-state index is 0.146. The highest BCUT2D eigenvalue weighted by molar-refractivity contribution is 5.73. The molecule has 0 unspecified atom stereocenters. The minimum atomic E-state index is -0.966. The van der Waals surface area contributed by atoms with Gasteiger partial charge in [-0.15, -0.1) is 0 Å². The van der Waals surface area contributed by atoms with Gasteiger partial charge in [0.15, 0.2) is 0 Å². The summed E-state index contributed by atoms with van der Waals surface area (Å²) in [5.41, 5.74) is 1.63. The van der Waals surface area contributed by atoms with E-state index in [9.17, 15) is 14.7 Å². The largest absolute Gasteiger partial charge is 0.481 e. The molecule has 0 spiro atoms. The zero-order chi connectivity index (χ0) is 17.5. The van der Waals surface area contributed by atoms with Crippen molar-refractivity contribution in [2.45, 2.75) is 19.6 Å². The Bertz CT molecular complexity index is 672. The number of benzene rings is 2. The Hall–Kier alpha value is -2.82. The van der Waals surface area contributed by atoms with Crippen LogP contribution in [0.2, 0.25) is 0 Å². The van der Waals surface area contributed by atoms with Gasteiger partial charge in [-0.05, 0) is 18.1 Å². The molecule has 1 amide bonds. The van der Waals surface area contributed by atoms with Gasteiger partial charge in [0.25, 0.3) is 0 Å². The Morgan fingerprint density at radius 2 is 1.58 bits per heavy atom. The molecular formula is C19H21NO4. The molecule has 0 aromatic heterocycles. The van der Waals surface area contributed by atoms with Gasteiger partial charge in [-0.2, -0.15) is 0 Å². The summed E-state index contributed by atoms with van der Waals surface area (Å²) in [6.07, 6.45) is -0.555. The van der Waals surface area contributed by atoms with Crippen LogP contribution in [0, 0.1) is 5.92 Å². The Labute approximate surface area is 141 Å². The maximum Gasteiger partial charge on any atom is 0.410 e. The van der Waals surface area contributed by atoms with Gasteiger partial charge in [0.1, 0.15) is 6.61 Å². The van der Waals surface area contributed by atoms with Crippen LogP contribution in [0.5, 0.6) is 0 Å².